The summed E-state index contributed by atoms with van der Waals surface area (Å²) in [6.07, 6.45) is 0. The van der Waals surface area contributed by atoms with Crippen molar-refractivity contribution in [3.05, 3.63) is 64.7 Å². The van der Waals surface area contributed by atoms with E-state index in [0.29, 0.717) is 0 Å². The average molecular weight is 283 g/mol. The highest BCUT2D eigenvalue weighted by atomic mass is 19.1. The molecule has 0 radical (unpaired) electrons. The molecule has 1 nitrogen and oxygen atoms in total. The summed E-state index contributed by atoms with van der Waals surface area (Å²) in [7, 11) is 0. The Balaban J connectivity index is 2.28. The van der Waals surface area contributed by atoms with Gasteiger partial charge in [-0.05, 0) is 43.7 Å². The third-order valence-corrected chi connectivity index (χ3v) is 3.05. The lowest BCUT2D eigenvalue weighted by atomic mass is 10.0. The lowest BCUT2D eigenvalue weighted by Crippen LogP contribution is -2.11. The molecule has 0 aliphatic carbocycles. The van der Waals surface area contributed by atoms with Crippen LogP contribution in [0.1, 0.15) is 24.1 Å². The van der Waals surface area contributed by atoms with Crippen LogP contribution >= 0.6 is 0 Å². The van der Waals surface area contributed by atoms with Crippen LogP contribution in [0.3, 0.4) is 0 Å². The summed E-state index contributed by atoms with van der Waals surface area (Å²) in [5, 5.41) is 2.69. The standard InChI is InChI=1S/C15H13F4N/c1-8-5-13(18)11(7-12(8)17)9(2)20-15-4-3-10(16)6-14(15)19/h3-7,9,20H,1-2H3. The van der Waals surface area contributed by atoms with E-state index in [9.17, 15) is 17.6 Å². The van der Waals surface area contributed by atoms with Crippen LogP contribution in [0.4, 0.5) is 23.2 Å². The summed E-state index contributed by atoms with van der Waals surface area (Å²) < 4.78 is 53.6. The topological polar surface area (TPSA) is 12.0 Å². The third kappa shape index (κ3) is 2.92. The predicted octanol–water partition coefficient (Wildman–Crippen LogP) is 4.72. The molecule has 20 heavy (non-hydrogen) atoms. The van der Waals surface area contributed by atoms with Gasteiger partial charge >= 0.3 is 0 Å². The van der Waals surface area contributed by atoms with E-state index < -0.39 is 29.3 Å². The molecule has 2 rings (SSSR count). The summed E-state index contributed by atoms with van der Waals surface area (Å²) >= 11 is 0. The van der Waals surface area contributed by atoms with Crippen LogP contribution in [0.2, 0.25) is 0 Å². The zero-order chi connectivity index (χ0) is 14.9. The molecule has 0 aliphatic heterocycles. The zero-order valence-electron chi connectivity index (χ0n) is 11.0. The monoisotopic (exact) mass is 283 g/mol. The Kier molecular flexibility index (Phi) is 3.97. The Morgan fingerprint density at radius 3 is 2.25 bits per heavy atom. The van der Waals surface area contributed by atoms with Crippen molar-refractivity contribution < 1.29 is 17.6 Å². The van der Waals surface area contributed by atoms with Crippen molar-refractivity contribution in [2.24, 2.45) is 0 Å². The van der Waals surface area contributed by atoms with Crippen molar-refractivity contribution in [1.29, 1.82) is 0 Å². The first kappa shape index (κ1) is 14.4. The molecule has 1 atom stereocenters. The van der Waals surface area contributed by atoms with Gasteiger partial charge in [0.05, 0.1) is 11.7 Å². The maximum Gasteiger partial charge on any atom is 0.149 e. The highest BCUT2D eigenvalue weighted by Gasteiger charge is 2.15. The molecule has 0 amide bonds. The lowest BCUT2D eigenvalue weighted by molar-refractivity contribution is 0.567. The van der Waals surface area contributed by atoms with Gasteiger partial charge in [-0.25, -0.2) is 17.6 Å². The van der Waals surface area contributed by atoms with E-state index in [-0.39, 0.29) is 16.8 Å². The van der Waals surface area contributed by atoms with Gasteiger partial charge in [0.1, 0.15) is 23.3 Å². The zero-order valence-corrected chi connectivity index (χ0v) is 11.0. The van der Waals surface area contributed by atoms with Gasteiger partial charge in [0.2, 0.25) is 0 Å². The first-order chi connectivity index (χ1) is 9.38. The SMILES string of the molecule is Cc1cc(F)c(C(C)Nc2ccc(F)cc2F)cc1F. The van der Waals surface area contributed by atoms with Crippen LogP contribution < -0.4 is 5.32 Å². The summed E-state index contributed by atoms with van der Waals surface area (Å²) in [6.45, 7) is 3.02. The Labute approximate surface area is 114 Å². The van der Waals surface area contributed by atoms with Gasteiger partial charge in [-0.2, -0.15) is 0 Å². The molecule has 106 valence electrons. The van der Waals surface area contributed by atoms with Gasteiger partial charge in [-0.15, -0.1) is 0 Å². The number of anilines is 1. The Hall–Kier alpha value is -2.04. The highest BCUT2D eigenvalue weighted by Crippen LogP contribution is 2.25. The number of nitrogens with one attached hydrogen (secondary N) is 1. The fourth-order valence-corrected chi connectivity index (χ4v) is 1.91. The molecule has 5 heteroatoms. The van der Waals surface area contributed by atoms with Crippen LogP contribution in [0.15, 0.2) is 30.3 Å². The van der Waals surface area contributed by atoms with Crippen LogP contribution in [0.25, 0.3) is 0 Å². The van der Waals surface area contributed by atoms with Crippen molar-refractivity contribution in [2.75, 3.05) is 5.32 Å². The molecule has 0 aromatic heterocycles. The van der Waals surface area contributed by atoms with Crippen molar-refractivity contribution in [2.45, 2.75) is 19.9 Å². The number of hydrogen-bond donors (Lipinski definition) is 1. The minimum atomic E-state index is -0.787. The van der Waals surface area contributed by atoms with Gasteiger partial charge in [-0.3, -0.25) is 0 Å². The van der Waals surface area contributed by atoms with E-state index >= 15 is 0 Å². The van der Waals surface area contributed by atoms with Crippen LogP contribution in [-0.4, -0.2) is 0 Å². The van der Waals surface area contributed by atoms with Gasteiger partial charge in [0, 0.05) is 11.6 Å². The molecule has 2 aromatic rings. The maximum atomic E-state index is 13.8. The van der Waals surface area contributed by atoms with Crippen LogP contribution in [-0.2, 0) is 0 Å². The molecule has 0 saturated carbocycles. The van der Waals surface area contributed by atoms with Crippen LogP contribution in [0.5, 0.6) is 0 Å². The molecular formula is C15H13F4N. The van der Waals surface area contributed by atoms with Crippen molar-refractivity contribution in [1.82, 2.24) is 0 Å². The van der Waals surface area contributed by atoms with Gasteiger partial charge in [0.25, 0.3) is 0 Å². The first-order valence-electron chi connectivity index (χ1n) is 6.05. The minimum absolute atomic E-state index is 0.0271. The van der Waals surface area contributed by atoms with E-state index in [0.717, 1.165) is 24.3 Å². The van der Waals surface area contributed by atoms with Gasteiger partial charge in [0.15, 0.2) is 0 Å². The molecule has 0 saturated heterocycles. The Morgan fingerprint density at radius 1 is 0.900 bits per heavy atom. The van der Waals surface area contributed by atoms with E-state index in [4.69, 9.17) is 0 Å². The molecule has 0 aliphatic rings. The fraction of sp³-hybridized carbons (Fsp3) is 0.200. The Bertz CT molecular complexity index is 640. The Morgan fingerprint density at radius 2 is 1.60 bits per heavy atom. The molecule has 0 heterocycles. The minimum Gasteiger partial charge on any atom is -0.376 e. The largest absolute Gasteiger partial charge is 0.376 e. The first-order valence-corrected chi connectivity index (χ1v) is 6.05. The molecular weight excluding hydrogens is 270 g/mol. The molecule has 0 fully saturated rings. The van der Waals surface area contributed by atoms with E-state index in [2.05, 4.69) is 5.32 Å². The molecule has 0 bridgehead atoms. The number of hydrogen-bond acceptors (Lipinski definition) is 1. The predicted molar refractivity (Wildman–Crippen MR) is 69.5 cm³/mol. The molecule has 1 N–H and O–H groups in total. The smallest absolute Gasteiger partial charge is 0.149 e. The van der Waals surface area contributed by atoms with Crippen molar-refractivity contribution in [3.8, 4) is 0 Å². The molecule has 2 aromatic carbocycles. The summed E-state index contributed by atoms with van der Waals surface area (Å²) in [5.41, 5.74) is 0.308. The number of aryl methyl sites for hydroxylation is 1. The summed E-state index contributed by atoms with van der Waals surface area (Å²) in [4.78, 5) is 0. The lowest BCUT2D eigenvalue weighted by Gasteiger charge is -2.17. The third-order valence-electron chi connectivity index (χ3n) is 3.05. The fourth-order valence-electron chi connectivity index (χ4n) is 1.91. The van der Waals surface area contributed by atoms with Crippen molar-refractivity contribution >= 4 is 5.69 Å². The van der Waals surface area contributed by atoms with Crippen LogP contribution in [0, 0.1) is 30.2 Å². The summed E-state index contributed by atoms with van der Waals surface area (Å²) in [6, 6.07) is 4.52. The van der Waals surface area contributed by atoms with E-state index in [1.165, 1.54) is 13.0 Å². The normalized spacial score (nSPS) is 12.3. The molecule has 1 unspecified atom stereocenters. The molecule has 0 spiro atoms. The summed E-state index contributed by atoms with van der Waals surface area (Å²) in [5.74, 6) is -2.60. The second kappa shape index (κ2) is 5.53. The van der Waals surface area contributed by atoms with Gasteiger partial charge in [-0.1, -0.05) is 0 Å². The number of rotatable bonds is 3. The van der Waals surface area contributed by atoms with Gasteiger partial charge < -0.3 is 5.32 Å². The second-order valence-corrected chi connectivity index (χ2v) is 4.61. The highest BCUT2D eigenvalue weighted by molar-refractivity contribution is 5.47. The van der Waals surface area contributed by atoms with E-state index in [1.54, 1.807) is 6.92 Å². The van der Waals surface area contributed by atoms with Crippen molar-refractivity contribution in [3.63, 3.8) is 0 Å². The van der Waals surface area contributed by atoms with E-state index in [1.807, 2.05) is 0 Å². The average Bonchev–Trinajstić information content (AvgIpc) is 2.37. The number of halogens is 4. The number of benzene rings is 2. The quantitative estimate of drug-likeness (QED) is 0.803. The second-order valence-electron chi connectivity index (χ2n) is 4.61. The maximum absolute atomic E-state index is 13.8.